The van der Waals surface area contributed by atoms with Crippen LogP contribution in [-0.2, 0) is 0 Å². The van der Waals surface area contributed by atoms with Crippen molar-refractivity contribution in [3.63, 3.8) is 0 Å². The number of carbonyl (C=O) groups excluding carboxylic acids is 1. The van der Waals surface area contributed by atoms with E-state index in [2.05, 4.69) is 15.3 Å². The first kappa shape index (κ1) is 11.0. The molecular weight excluding hydrogens is 206 g/mol. The Morgan fingerprint density at radius 2 is 2.38 bits per heavy atom. The fraction of sp³-hybridized carbons (Fsp3) is 0.545. The molecule has 1 aromatic heterocycles. The van der Waals surface area contributed by atoms with Gasteiger partial charge >= 0.3 is 0 Å². The minimum Gasteiger partial charge on any atom is -0.396 e. The quantitative estimate of drug-likeness (QED) is 0.753. The van der Waals surface area contributed by atoms with Gasteiger partial charge in [-0.3, -0.25) is 9.78 Å². The fourth-order valence-corrected chi connectivity index (χ4v) is 1.72. The summed E-state index contributed by atoms with van der Waals surface area (Å²) >= 11 is 0. The Morgan fingerprint density at radius 3 is 2.94 bits per heavy atom. The van der Waals surface area contributed by atoms with Crippen LogP contribution in [0.3, 0.4) is 0 Å². The Kier molecular flexibility index (Phi) is 3.46. The predicted octanol–water partition coefficient (Wildman–Crippen LogP) is 0.367. The molecule has 86 valence electrons. The molecule has 2 N–H and O–H groups in total. The number of nitrogens with one attached hydrogen (secondary N) is 1. The average Bonchev–Trinajstić information content (AvgIpc) is 3.13. The third-order valence-electron chi connectivity index (χ3n) is 2.74. The van der Waals surface area contributed by atoms with Crippen LogP contribution in [0, 0.1) is 5.92 Å². The Balaban J connectivity index is 1.95. The minimum absolute atomic E-state index is 0.0690. The summed E-state index contributed by atoms with van der Waals surface area (Å²) in [6, 6.07) is 0.0690. The summed E-state index contributed by atoms with van der Waals surface area (Å²) in [4.78, 5) is 19.5. The van der Waals surface area contributed by atoms with Crippen LogP contribution < -0.4 is 5.32 Å². The minimum atomic E-state index is -0.210. The van der Waals surface area contributed by atoms with E-state index in [1.54, 1.807) is 0 Å². The molecule has 0 spiro atoms. The molecule has 1 aliphatic rings. The molecule has 16 heavy (non-hydrogen) atoms. The van der Waals surface area contributed by atoms with Gasteiger partial charge in [-0.1, -0.05) is 0 Å². The topological polar surface area (TPSA) is 75.1 Å². The van der Waals surface area contributed by atoms with Gasteiger partial charge in [0.05, 0.1) is 6.20 Å². The molecule has 5 heteroatoms. The highest BCUT2D eigenvalue weighted by Crippen LogP contribution is 2.33. The maximum absolute atomic E-state index is 11.8. The molecule has 2 rings (SSSR count). The summed E-state index contributed by atoms with van der Waals surface area (Å²) in [7, 11) is 0. The number of aliphatic hydroxyl groups excluding tert-OH is 1. The number of aliphatic hydroxyl groups is 1. The van der Waals surface area contributed by atoms with E-state index >= 15 is 0 Å². The molecule has 5 nitrogen and oxygen atoms in total. The van der Waals surface area contributed by atoms with E-state index in [1.165, 1.54) is 18.6 Å². The van der Waals surface area contributed by atoms with Crippen molar-refractivity contribution in [2.24, 2.45) is 5.92 Å². The molecule has 0 aromatic carbocycles. The number of rotatable bonds is 5. The van der Waals surface area contributed by atoms with Gasteiger partial charge in [-0.2, -0.15) is 0 Å². The molecule has 1 amide bonds. The van der Waals surface area contributed by atoms with Gasteiger partial charge in [0.25, 0.3) is 5.91 Å². The van der Waals surface area contributed by atoms with Gasteiger partial charge in [-0.15, -0.1) is 0 Å². The molecule has 1 heterocycles. The van der Waals surface area contributed by atoms with Crippen molar-refractivity contribution in [3.05, 3.63) is 24.3 Å². The van der Waals surface area contributed by atoms with Crippen LogP contribution in [0.5, 0.6) is 0 Å². The van der Waals surface area contributed by atoms with E-state index in [9.17, 15) is 4.79 Å². The van der Waals surface area contributed by atoms with Gasteiger partial charge in [0.2, 0.25) is 0 Å². The van der Waals surface area contributed by atoms with Crippen LogP contribution in [0.1, 0.15) is 29.8 Å². The van der Waals surface area contributed by atoms with Gasteiger partial charge < -0.3 is 10.4 Å². The standard InChI is InChI=1S/C11H15N3O2/c15-6-3-9(8-1-2-8)14-11(16)10-7-12-4-5-13-10/h4-5,7-9,15H,1-3,6H2,(H,14,16). The molecule has 0 saturated heterocycles. The van der Waals surface area contributed by atoms with Crippen LogP contribution in [0.15, 0.2) is 18.6 Å². The van der Waals surface area contributed by atoms with E-state index in [0.29, 0.717) is 18.0 Å². The number of hydrogen-bond donors (Lipinski definition) is 2. The second-order valence-corrected chi connectivity index (χ2v) is 4.02. The number of nitrogens with zero attached hydrogens (tertiary/aromatic N) is 2. The third-order valence-corrected chi connectivity index (χ3v) is 2.74. The Bertz CT molecular complexity index is 352. The summed E-state index contributed by atoms with van der Waals surface area (Å²) in [5, 5.41) is 11.8. The lowest BCUT2D eigenvalue weighted by atomic mass is 10.1. The Morgan fingerprint density at radius 1 is 1.56 bits per heavy atom. The molecule has 1 unspecified atom stereocenters. The normalized spacial score (nSPS) is 16.8. The van der Waals surface area contributed by atoms with Crippen molar-refractivity contribution in [1.82, 2.24) is 15.3 Å². The number of hydrogen-bond acceptors (Lipinski definition) is 4. The molecular formula is C11H15N3O2. The summed E-state index contributed by atoms with van der Waals surface area (Å²) in [5.41, 5.74) is 0.325. The van der Waals surface area contributed by atoms with E-state index in [0.717, 1.165) is 12.8 Å². The number of amides is 1. The highest BCUT2D eigenvalue weighted by atomic mass is 16.3. The molecule has 1 aliphatic carbocycles. The summed E-state index contributed by atoms with van der Waals surface area (Å²) in [6.45, 7) is 0.0991. The van der Waals surface area contributed by atoms with Crippen molar-refractivity contribution in [2.45, 2.75) is 25.3 Å². The Labute approximate surface area is 93.9 Å². The van der Waals surface area contributed by atoms with Gasteiger partial charge in [0, 0.05) is 25.0 Å². The highest BCUT2D eigenvalue weighted by Gasteiger charge is 2.32. The van der Waals surface area contributed by atoms with Crippen molar-refractivity contribution >= 4 is 5.91 Å². The van der Waals surface area contributed by atoms with E-state index in [4.69, 9.17) is 5.11 Å². The van der Waals surface area contributed by atoms with Gasteiger partial charge in [0.1, 0.15) is 5.69 Å². The zero-order valence-corrected chi connectivity index (χ0v) is 8.97. The van der Waals surface area contributed by atoms with Crippen molar-refractivity contribution in [3.8, 4) is 0 Å². The fourth-order valence-electron chi connectivity index (χ4n) is 1.72. The molecule has 1 atom stereocenters. The largest absolute Gasteiger partial charge is 0.396 e. The molecule has 0 bridgehead atoms. The summed E-state index contributed by atoms with van der Waals surface area (Å²) in [5.74, 6) is 0.311. The van der Waals surface area contributed by atoms with Gasteiger partial charge in [0.15, 0.2) is 0 Å². The first-order valence-corrected chi connectivity index (χ1v) is 5.49. The summed E-state index contributed by atoms with van der Waals surface area (Å²) < 4.78 is 0. The summed E-state index contributed by atoms with van der Waals surface area (Å²) in [6.07, 6.45) is 7.34. The molecule has 0 aliphatic heterocycles. The first-order chi connectivity index (χ1) is 7.81. The smallest absolute Gasteiger partial charge is 0.271 e. The number of carbonyl (C=O) groups is 1. The van der Waals surface area contributed by atoms with E-state index in [-0.39, 0.29) is 18.6 Å². The first-order valence-electron chi connectivity index (χ1n) is 5.49. The van der Waals surface area contributed by atoms with Crippen LogP contribution in [0.2, 0.25) is 0 Å². The predicted molar refractivity (Wildman–Crippen MR) is 57.7 cm³/mol. The van der Waals surface area contributed by atoms with Crippen molar-refractivity contribution < 1.29 is 9.90 Å². The molecule has 1 fully saturated rings. The second kappa shape index (κ2) is 5.03. The monoisotopic (exact) mass is 221 g/mol. The van der Waals surface area contributed by atoms with E-state index in [1.807, 2.05) is 0 Å². The van der Waals surface area contributed by atoms with Gasteiger partial charge in [-0.25, -0.2) is 4.98 Å². The van der Waals surface area contributed by atoms with Crippen molar-refractivity contribution in [1.29, 1.82) is 0 Å². The SMILES string of the molecule is O=C(NC(CCO)C1CC1)c1cnccn1. The van der Waals surface area contributed by atoms with Crippen molar-refractivity contribution in [2.75, 3.05) is 6.61 Å². The second-order valence-electron chi connectivity index (χ2n) is 4.02. The third kappa shape index (κ3) is 2.76. The number of aromatic nitrogens is 2. The highest BCUT2D eigenvalue weighted by molar-refractivity contribution is 5.92. The van der Waals surface area contributed by atoms with E-state index < -0.39 is 0 Å². The van der Waals surface area contributed by atoms with Crippen LogP contribution >= 0.6 is 0 Å². The lowest BCUT2D eigenvalue weighted by Crippen LogP contribution is -2.37. The zero-order valence-electron chi connectivity index (χ0n) is 8.97. The van der Waals surface area contributed by atoms with Crippen LogP contribution in [0.4, 0.5) is 0 Å². The molecule has 0 radical (unpaired) electrons. The average molecular weight is 221 g/mol. The lowest BCUT2D eigenvalue weighted by Gasteiger charge is -2.16. The molecule has 1 aromatic rings. The maximum Gasteiger partial charge on any atom is 0.271 e. The van der Waals surface area contributed by atoms with Crippen LogP contribution in [0.25, 0.3) is 0 Å². The van der Waals surface area contributed by atoms with Gasteiger partial charge in [-0.05, 0) is 25.2 Å². The molecule has 1 saturated carbocycles. The van der Waals surface area contributed by atoms with Crippen LogP contribution in [-0.4, -0.2) is 33.6 Å². The zero-order chi connectivity index (χ0) is 11.4. The lowest BCUT2D eigenvalue weighted by molar-refractivity contribution is 0.0919. The Hall–Kier alpha value is -1.49. The maximum atomic E-state index is 11.8.